The minimum atomic E-state index is -0.480. The van der Waals surface area contributed by atoms with Gasteiger partial charge in [0.1, 0.15) is 6.54 Å². The molecule has 162 valence electrons. The van der Waals surface area contributed by atoms with Crippen molar-refractivity contribution in [2.75, 3.05) is 11.9 Å². The quantitative estimate of drug-likeness (QED) is 0.466. The molecule has 3 amide bonds. The van der Waals surface area contributed by atoms with E-state index in [1.807, 2.05) is 36.4 Å². The number of benzene rings is 3. The first kappa shape index (κ1) is 20.3. The maximum Gasteiger partial charge on any atom is 0.261 e. The van der Waals surface area contributed by atoms with Crippen LogP contribution in [0.4, 0.5) is 5.69 Å². The zero-order chi connectivity index (χ0) is 22.8. The molecule has 8 nitrogen and oxygen atoms in total. The molecule has 0 fully saturated rings. The van der Waals surface area contributed by atoms with E-state index in [-0.39, 0.29) is 13.0 Å². The molecule has 0 atom stereocenters. The standard InChI is InChI=1S/C25H19N5O3/c31-21(15-30-22(32)14-17-10-4-5-11-18(17)25(30)33)26-20-13-7-6-12-19(20)24-27-23(28-29-24)16-8-2-1-3-9-16/h1-13H,14-15H2,(H,26,31)(H,27,28,29). The second kappa shape index (κ2) is 8.51. The van der Waals surface area contributed by atoms with Gasteiger partial charge in [0.2, 0.25) is 11.8 Å². The number of rotatable bonds is 5. The molecule has 1 aromatic heterocycles. The zero-order valence-electron chi connectivity index (χ0n) is 17.5. The SMILES string of the molecule is O=C(CN1C(=O)Cc2ccccc2C1=O)Nc1ccccc1-c1nc(-c2ccccc2)n[nH]1. The number of aromatic amines is 1. The van der Waals surface area contributed by atoms with Gasteiger partial charge in [-0.15, -0.1) is 0 Å². The van der Waals surface area contributed by atoms with Crippen molar-refractivity contribution in [2.24, 2.45) is 0 Å². The van der Waals surface area contributed by atoms with Gasteiger partial charge in [0, 0.05) is 16.7 Å². The van der Waals surface area contributed by atoms with Gasteiger partial charge in [0.25, 0.3) is 5.91 Å². The summed E-state index contributed by atoms with van der Waals surface area (Å²) in [5.41, 5.74) is 3.12. The highest BCUT2D eigenvalue weighted by atomic mass is 16.2. The van der Waals surface area contributed by atoms with Crippen LogP contribution in [0.3, 0.4) is 0 Å². The van der Waals surface area contributed by atoms with E-state index in [1.54, 1.807) is 42.5 Å². The van der Waals surface area contributed by atoms with Crippen LogP contribution >= 0.6 is 0 Å². The molecular weight excluding hydrogens is 418 g/mol. The Morgan fingerprint density at radius 1 is 0.909 bits per heavy atom. The van der Waals surface area contributed by atoms with Crippen LogP contribution in [0.2, 0.25) is 0 Å². The van der Waals surface area contributed by atoms with Crippen molar-refractivity contribution in [3.05, 3.63) is 90.0 Å². The molecule has 2 heterocycles. The van der Waals surface area contributed by atoms with Gasteiger partial charge in [0.05, 0.1) is 12.1 Å². The number of para-hydroxylation sites is 1. The fourth-order valence-electron chi connectivity index (χ4n) is 3.79. The molecule has 3 aromatic carbocycles. The van der Waals surface area contributed by atoms with Gasteiger partial charge in [-0.05, 0) is 23.8 Å². The highest BCUT2D eigenvalue weighted by Crippen LogP contribution is 2.27. The number of H-pyrrole nitrogens is 1. The Kier molecular flexibility index (Phi) is 5.24. The van der Waals surface area contributed by atoms with Crippen LogP contribution in [0.15, 0.2) is 78.9 Å². The van der Waals surface area contributed by atoms with E-state index in [9.17, 15) is 14.4 Å². The second-order valence-corrected chi connectivity index (χ2v) is 7.59. The van der Waals surface area contributed by atoms with Gasteiger partial charge in [0.15, 0.2) is 11.6 Å². The number of anilines is 1. The summed E-state index contributed by atoms with van der Waals surface area (Å²) in [7, 11) is 0. The lowest BCUT2D eigenvalue weighted by Crippen LogP contribution is -2.46. The number of imide groups is 1. The van der Waals surface area contributed by atoms with Crippen LogP contribution in [-0.2, 0) is 16.0 Å². The molecule has 0 bridgehead atoms. The molecule has 33 heavy (non-hydrogen) atoms. The molecular formula is C25H19N5O3. The fraction of sp³-hybridized carbons (Fsp3) is 0.0800. The molecule has 0 saturated carbocycles. The first-order chi connectivity index (χ1) is 16.1. The Morgan fingerprint density at radius 2 is 1.61 bits per heavy atom. The highest BCUT2D eigenvalue weighted by molar-refractivity contribution is 6.12. The van der Waals surface area contributed by atoms with Crippen molar-refractivity contribution in [3.63, 3.8) is 0 Å². The number of carbonyl (C=O) groups excluding carboxylic acids is 3. The Balaban J connectivity index is 1.35. The van der Waals surface area contributed by atoms with E-state index in [0.717, 1.165) is 10.5 Å². The Labute approximate surface area is 189 Å². The number of carbonyl (C=O) groups is 3. The lowest BCUT2D eigenvalue weighted by molar-refractivity contribution is -0.131. The minimum Gasteiger partial charge on any atom is -0.324 e. The molecule has 0 radical (unpaired) electrons. The van der Waals surface area contributed by atoms with Crippen LogP contribution in [0.25, 0.3) is 22.8 Å². The Morgan fingerprint density at radius 3 is 2.42 bits per heavy atom. The molecule has 0 aliphatic carbocycles. The van der Waals surface area contributed by atoms with Crippen LogP contribution in [-0.4, -0.2) is 44.3 Å². The average Bonchev–Trinajstić information content (AvgIpc) is 3.33. The Bertz CT molecular complexity index is 1360. The minimum absolute atomic E-state index is 0.0894. The zero-order valence-corrected chi connectivity index (χ0v) is 17.5. The lowest BCUT2D eigenvalue weighted by Gasteiger charge is -2.26. The van der Waals surface area contributed by atoms with Crippen LogP contribution in [0.1, 0.15) is 15.9 Å². The first-order valence-corrected chi connectivity index (χ1v) is 10.4. The van der Waals surface area contributed by atoms with Gasteiger partial charge in [-0.1, -0.05) is 60.7 Å². The average molecular weight is 437 g/mol. The smallest absolute Gasteiger partial charge is 0.261 e. The topological polar surface area (TPSA) is 108 Å². The predicted molar refractivity (Wildman–Crippen MR) is 122 cm³/mol. The molecule has 0 unspecified atom stereocenters. The molecule has 4 aromatic rings. The number of nitrogens with one attached hydrogen (secondary N) is 2. The largest absolute Gasteiger partial charge is 0.324 e. The number of amides is 3. The van der Waals surface area contributed by atoms with Crippen molar-refractivity contribution in [3.8, 4) is 22.8 Å². The van der Waals surface area contributed by atoms with Gasteiger partial charge >= 0.3 is 0 Å². The van der Waals surface area contributed by atoms with E-state index in [4.69, 9.17) is 0 Å². The maximum atomic E-state index is 12.8. The van der Waals surface area contributed by atoms with E-state index in [0.29, 0.717) is 34.0 Å². The van der Waals surface area contributed by atoms with Crippen LogP contribution in [0.5, 0.6) is 0 Å². The highest BCUT2D eigenvalue weighted by Gasteiger charge is 2.32. The third-order valence-corrected chi connectivity index (χ3v) is 5.41. The van der Waals surface area contributed by atoms with Crippen molar-refractivity contribution in [1.29, 1.82) is 0 Å². The number of fused-ring (bicyclic) bond motifs is 1. The summed E-state index contributed by atoms with van der Waals surface area (Å²) >= 11 is 0. The maximum absolute atomic E-state index is 12.8. The molecule has 2 N–H and O–H groups in total. The van der Waals surface area contributed by atoms with Gasteiger partial charge < -0.3 is 5.32 Å². The molecule has 1 aliphatic heterocycles. The predicted octanol–water partition coefficient (Wildman–Crippen LogP) is 3.30. The van der Waals surface area contributed by atoms with E-state index in [2.05, 4.69) is 20.5 Å². The summed E-state index contributed by atoms with van der Waals surface area (Å²) in [6.07, 6.45) is 0.0894. The van der Waals surface area contributed by atoms with Crippen molar-refractivity contribution < 1.29 is 14.4 Å². The van der Waals surface area contributed by atoms with Crippen LogP contribution < -0.4 is 5.32 Å². The van der Waals surface area contributed by atoms with E-state index in [1.165, 1.54) is 0 Å². The summed E-state index contributed by atoms with van der Waals surface area (Å²) in [4.78, 5) is 43.6. The number of hydrogen-bond acceptors (Lipinski definition) is 5. The molecule has 8 heteroatoms. The van der Waals surface area contributed by atoms with E-state index < -0.39 is 17.7 Å². The van der Waals surface area contributed by atoms with Crippen molar-refractivity contribution >= 4 is 23.4 Å². The molecule has 1 aliphatic rings. The third-order valence-electron chi connectivity index (χ3n) is 5.41. The summed E-state index contributed by atoms with van der Waals surface area (Å²) in [5, 5.41) is 9.98. The number of hydrogen-bond donors (Lipinski definition) is 2. The third kappa shape index (κ3) is 4.01. The molecule has 0 spiro atoms. The number of aromatic nitrogens is 3. The molecule has 5 rings (SSSR count). The van der Waals surface area contributed by atoms with Gasteiger partial charge in [-0.3, -0.25) is 24.4 Å². The summed E-state index contributed by atoms with van der Waals surface area (Å²) in [6, 6.07) is 23.6. The van der Waals surface area contributed by atoms with Crippen LogP contribution in [0, 0.1) is 0 Å². The van der Waals surface area contributed by atoms with Gasteiger partial charge in [-0.25, -0.2) is 4.98 Å². The first-order valence-electron chi connectivity index (χ1n) is 10.4. The lowest BCUT2D eigenvalue weighted by atomic mass is 9.98. The molecule has 0 saturated heterocycles. The normalized spacial score (nSPS) is 13.0. The summed E-state index contributed by atoms with van der Waals surface area (Å²) in [6.45, 7) is -0.369. The number of nitrogens with zero attached hydrogens (tertiary/aromatic N) is 3. The fourth-order valence-corrected chi connectivity index (χ4v) is 3.79. The Hall–Kier alpha value is -4.59. The van der Waals surface area contributed by atoms with Crippen molar-refractivity contribution in [2.45, 2.75) is 6.42 Å². The van der Waals surface area contributed by atoms with Crippen molar-refractivity contribution in [1.82, 2.24) is 20.1 Å². The monoisotopic (exact) mass is 437 g/mol. The second-order valence-electron chi connectivity index (χ2n) is 7.59. The summed E-state index contributed by atoms with van der Waals surface area (Å²) < 4.78 is 0. The van der Waals surface area contributed by atoms with Gasteiger partial charge in [-0.2, -0.15) is 5.10 Å². The summed E-state index contributed by atoms with van der Waals surface area (Å²) in [5.74, 6) is -0.317. The van der Waals surface area contributed by atoms with E-state index >= 15 is 0 Å².